The van der Waals surface area contributed by atoms with Crippen molar-refractivity contribution in [2.24, 2.45) is 0 Å². The Kier molecular flexibility index (Phi) is 6.48. The molecule has 1 amide bonds. The number of nitrogens with zero attached hydrogens (tertiary/aromatic N) is 4. The summed E-state index contributed by atoms with van der Waals surface area (Å²) in [7, 11) is 0. The van der Waals surface area contributed by atoms with Gasteiger partial charge >= 0.3 is 0 Å². The van der Waals surface area contributed by atoms with Gasteiger partial charge in [0.25, 0.3) is 5.91 Å². The van der Waals surface area contributed by atoms with Crippen molar-refractivity contribution in [2.75, 3.05) is 18.1 Å². The number of ether oxygens (including phenoxy) is 1. The number of thiophene rings is 1. The molecule has 3 heterocycles. The summed E-state index contributed by atoms with van der Waals surface area (Å²) >= 11 is 3.09. The van der Waals surface area contributed by atoms with Crippen molar-refractivity contribution >= 4 is 50.0 Å². The number of hydrogen-bond donors (Lipinski definition) is 0. The number of benzene rings is 1. The SMILES string of the molecule is CCOc1cccc2sc(N(CCn3nc(C)cc3C)C(=O)/C=C/c3cccs3)nc12. The van der Waals surface area contributed by atoms with Gasteiger partial charge < -0.3 is 4.74 Å². The molecule has 8 heteroatoms. The van der Waals surface area contributed by atoms with E-state index in [1.807, 2.05) is 73.3 Å². The lowest BCUT2D eigenvalue weighted by atomic mass is 10.3. The van der Waals surface area contributed by atoms with Gasteiger partial charge in [-0.25, -0.2) is 4.98 Å². The Morgan fingerprint density at radius 2 is 2.13 bits per heavy atom. The molecule has 0 aliphatic carbocycles. The lowest BCUT2D eigenvalue weighted by Gasteiger charge is -2.18. The smallest absolute Gasteiger partial charge is 0.252 e. The van der Waals surface area contributed by atoms with E-state index in [9.17, 15) is 4.79 Å². The van der Waals surface area contributed by atoms with Crippen LogP contribution in [0.5, 0.6) is 5.75 Å². The van der Waals surface area contributed by atoms with Crippen LogP contribution < -0.4 is 9.64 Å². The maximum atomic E-state index is 13.2. The average molecular weight is 453 g/mol. The Balaban J connectivity index is 1.65. The molecule has 0 N–H and O–H groups in total. The van der Waals surface area contributed by atoms with Crippen molar-refractivity contribution in [3.8, 4) is 5.75 Å². The molecule has 4 rings (SSSR count). The third-order valence-corrected chi connectivity index (χ3v) is 6.62. The normalized spacial score (nSPS) is 11.5. The predicted molar refractivity (Wildman–Crippen MR) is 128 cm³/mol. The fourth-order valence-corrected chi connectivity index (χ4v) is 4.96. The Morgan fingerprint density at radius 3 is 2.84 bits per heavy atom. The lowest BCUT2D eigenvalue weighted by molar-refractivity contribution is -0.114. The van der Waals surface area contributed by atoms with E-state index in [1.165, 1.54) is 11.3 Å². The van der Waals surface area contributed by atoms with Crippen molar-refractivity contribution in [3.63, 3.8) is 0 Å². The summed E-state index contributed by atoms with van der Waals surface area (Å²) in [6, 6.07) is 11.9. The molecule has 0 fully saturated rings. The molecule has 0 bridgehead atoms. The number of carbonyl (C=O) groups is 1. The number of anilines is 1. The second-order valence-corrected chi connectivity index (χ2v) is 9.01. The highest BCUT2D eigenvalue weighted by Gasteiger charge is 2.20. The molecule has 1 aromatic carbocycles. The van der Waals surface area contributed by atoms with Crippen molar-refractivity contribution in [1.29, 1.82) is 0 Å². The zero-order valence-corrected chi connectivity index (χ0v) is 19.4. The number of aromatic nitrogens is 3. The van der Waals surface area contributed by atoms with Crippen LogP contribution in [0.4, 0.5) is 5.13 Å². The van der Waals surface area contributed by atoms with Gasteiger partial charge in [0.15, 0.2) is 5.13 Å². The van der Waals surface area contributed by atoms with E-state index in [0.717, 1.165) is 32.2 Å². The Hall–Kier alpha value is -2.97. The molecule has 31 heavy (non-hydrogen) atoms. The molecular weight excluding hydrogens is 428 g/mol. The third kappa shape index (κ3) is 4.86. The van der Waals surface area contributed by atoms with Gasteiger partial charge in [-0.05, 0) is 56.5 Å². The molecule has 0 saturated carbocycles. The molecule has 0 unspecified atom stereocenters. The predicted octanol–water partition coefficient (Wildman–Crippen LogP) is 5.32. The first-order valence-electron chi connectivity index (χ1n) is 10.1. The van der Waals surface area contributed by atoms with Crippen molar-refractivity contribution < 1.29 is 9.53 Å². The van der Waals surface area contributed by atoms with Crippen molar-refractivity contribution in [2.45, 2.75) is 27.3 Å². The van der Waals surface area contributed by atoms with E-state index in [2.05, 4.69) is 5.10 Å². The van der Waals surface area contributed by atoms with Crippen LogP contribution in [-0.2, 0) is 11.3 Å². The molecule has 0 radical (unpaired) electrons. The largest absolute Gasteiger partial charge is 0.492 e. The fourth-order valence-electron chi connectivity index (χ4n) is 3.32. The number of hydrogen-bond acceptors (Lipinski definition) is 6. The number of amides is 1. The second-order valence-electron chi connectivity index (χ2n) is 7.02. The molecule has 4 aromatic rings. The van der Waals surface area contributed by atoms with Gasteiger partial charge in [0, 0.05) is 23.2 Å². The first-order valence-corrected chi connectivity index (χ1v) is 11.8. The number of fused-ring (bicyclic) bond motifs is 1. The second kappa shape index (κ2) is 9.45. The summed E-state index contributed by atoms with van der Waals surface area (Å²) in [5.74, 6) is 0.634. The van der Waals surface area contributed by atoms with Gasteiger partial charge in [0.1, 0.15) is 11.3 Å². The summed E-state index contributed by atoms with van der Waals surface area (Å²) < 4.78 is 8.65. The molecule has 0 atom stereocenters. The molecular formula is C23H24N4O2S2. The first-order chi connectivity index (χ1) is 15.0. The number of rotatable bonds is 8. The molecule has 3 aromatic heterocycles. The molecule has 160 valence electrons. The number of para-hydroxylation sites is 1. The van der Waals surface area contributed by atoms with Crippen LogP contribution in [0.1, 0.15) is 23.2 Å². The Bertz CT molecular complexity index is 1210. The average Bonchev–Trinajstić information content (AvgIpc) is 3.47. The molecule has 0 spiro atoms. The molecule has 6 nitrogen and oxygen atoms in total. The van der Waals surface area contributed by atoms with Crippen LogP contribution >= 0.6 is 22.7 Å². The van der Waals surface area contributed by atoms with E-state index in [0.29, 0.717) is 24.8 Å². The van der Waals surface area contributed by atoms with Gasteiger partial charge in [-0.2, -0.15) is 5.10 Å². The monoisotopic (exact) mass is 452 g/mol. The quantitative estimate of drug-likeness (QED) is 0.340. The zero-order valence-electron chi connectivity index (χ0n) is 17.7. The summed E-state index contributed by atoms with van der Waals surface area (Å²) in [4.78, 5) is 20.7. The summed E-state index contributed by atoms with van der Waals surface area (Å²) in [6.45, 7) is 7.57. The Labute approximate surface area is 189 Å². The van der Waals surface area contributed by atoms with E-state index < -0.39 is 0 Å². The minimum absolute atomic E-state index is 0.105. The maximum Gasteiger partial charge on any atom is 0.252 e. The van der Waals surface area contributed by atoms with Crippen LogP contribution in [0.25, 0.3) is 16.3 Å². The molecule has 0 saturated heterocycles. The fraction of sp³-hybridized carbons (Fsp3) is 0.261. The minimum Gasteiger partial charge on any atom is -0.492 e. The van der Waals surface area contributed by atoms with Crippen LogP contribution in [0, 0.1) is 13.8 Å². The van der Waals surface area contributed by atoms with Crippen LogP contribution in [0.2, 0.25) is 0 Å². The van der Waals surface area contributed by atoms with E-state index >= 15 is 0 Å². The van der Waals surface area contributed by atoms with Gasteiger partial charge in [-0.1, -0.05) is 23.5 Å². The minimum atomic E-state index is -0.105. The highest BCUT2D eigenvalue weighted by atomic mass is 32.1. The number of thiazole rings is 1. The highest BCUT2D eigenvalue weighted by Crippen LogP contribution is 2.34. The summed E-state index contributed by atoms with van der Waals surface area (Å²) in [5.41, 5.74) is 2.83. The van der Waals surface area contributed by atoms with E-state index in [-0.39, 0.29) is 5.91 Å². The van der Waals surface area contributed by atoms with Crippen LogP contribution in [-0.4, -0.2) is 33.8 Å². The van der Waals surface area contributed by atoms with Gasteiger partial charge in [0.05, 0.1) is 23.5 Å². The van der Waals surface area contributed by atoms with Gasteiger partial charge in [0.2, 0.25) is 0 Å². The van der Waals surface area contributed by atoms with E-state index in [4.69, 9.17) is 9.72 Å². The van der Waals surface area contributed by atoms with Gasteiger partial charge in [-0.15, -0.1) is 11.3 Å². The third-order valence-electron chi connectivity index (χ3n) is 4.74. The summed E-state index contributed by atoms with van der Waals surface area (Å²) in [5, 5.41) is 7.18. The zero-order chi connectivity index (χ0) is 21.8. The number of carbonyl (C=O) groups excluding carboxylic acids is 1. The standard InChI is InChI=1S/C23H24N4O2S2/c1-4-29-19-8-5-9-20-22(19)24-23(31-20)26(12-13-27-17(3)15-16(2)25-27)21(28)11-10-18-7-6-14-30-18/h5-11,14-15H,4,12-13H2,1-3H3/b11-10+. The Morgan fingerprint density at radius 1 is 1.26 bits per heavy atom. The molecule has 0 aliphatic rings. The topological polar surface area (TPSA) is 60.2 Å². The maximum absolute atomic E-state index is 13.2. The summed E-state index contributed by atoms with van der Waals surface area (Å²) in [6.07, 6.45) is 3.46. The molecule has 0 aliphatic heterocycles. The van der Waals surface area contributed by atoms with Crippen molar-refractivity contribution in [1.82, 2.24) is 14.8 Å². The van der Waals surface area contributed by atoms with Gasteiger partial charge in [-0.3, -0.25) is 14.4 Å². The van der Waals surface area contributed by atoms with Crippen molar-refractivity contribution in [3.05, 3.63) is 64.1 Å². The van der Waals surface area contributed by atoms with Crippen LogP contribution in [0.15, 0.2) is 47.9 Å². The number of aryl methyl sites for hydroxylation is 2. The highest BCUT2D eigenvalue weighted by molar-refractivity contribution is 7.22. The first kappa shape index (κ1) is 21.3. The van der Waals surface area contributed by atoms with E-state index in [1.54, 1.807) is 22.3 Å². The lowest BCUT2D eigenvalue weighted by Crippen LogP contribution is -2.33. The van der Waals surface area contributed by atoms with Crippen LogP contribution in [0.3, 0.4) is 0 Å².